The fraction of sp³-hybridized carbons (Fsp3) is 0.333. The summed E-state index contributed by atoms with van der Waals surface area (Å²) in [6.45, 7) is 2.80. The van der Waals surface area contributed by atoms with Crippen molar-refractivity contribution in [3.63, 3.8) is 0 Å². The van der Waals surface area contributed by atoms with E-state index in [0.717, 1.165) is 54.6 Å². The zero-order chi connectivity index (χ0) is 18.8. The van der Waals surface area contributed by atoms with Crippen molar-refractivity contribution in [3.05, 3.63) is 81.5 Å². The fourth-order valence-electron chi connectivity index (χ4n) is 3.78. The molecule has 0 N–H and O–H groups in total. The Labute approximate surface area is 163 Å². The normalized spacial score (nSPS) is 15.9. The van der Waals surface area contributed by atoms with Gasteiger partial charge < -0.3 is 0 Å². The number of piperidine rings is 1. The smallest absolute Gasteiger partial charge is 0.299 e. The van der Waals surface area contributed by atoms with Gasteiger partial charge in [0.1, 0.15) is 5.82 Å². The van der Waals surface area contributed by atoms with Crippen LogP contribution in [0.4, 0.5) is 0 Å². The third-order valence-electron chi connectivity index (χ3n) is 5.27. The highest BCUT2D eigenvalue weighted by atomic mass is 35.5. The van der Waals surface area contributed by atoms with E-state index in [2.05, 4.69) is 16.1 Å². The predicted octanol–water partition coefficient (Wildman–Crippen LogP) is 3.60. The van der Waals surface area contributed by atoms with Gasteiger partial charge in [0.05, 0.1) is 5.69 Å². The Balaban J connectivity index is 1.51. The summed E-state index contributed by atoms with van der Waals surface area (Å²) in [4.78, 5) is 15.0. The zero-order valence-corrected chi connectivity index (χ0v) is 16.1. The molecule has 27 heavy (non-hydrogen) atoms. The van der Waals surface area contributed by atoms with E-state index in [-0.39, 0.29) is 11.6 Å². The van der Waals surface area contributed by atoms with Crippen LogP contribution in [0.5, 0.6) is 0 Å². The number of aromatic nitrogens is 3. The summed E-state index contributed by atoms with van der Waals surface area (Å²) >= 11 is 6.30. The van der Waals surface area contributed by atoms with Crippen molar-refractivity contribution in [1.82, 2.24) is 19.2 Å². The molecule has 0 atom stereocenters. The lowest BCUT2D eigenvalue weighted by molar-refractivity contribution is 0.201. The first-order chi connectivity index (χ1) is 13.1. The van der Waals surface area contributed by atoms with Gasteiger partial charge in [-0.15, -0.1) is 0 Å². The minimum absolute atomic E-state index is 0.0882. The van der Waals surface area contributed by atoms with Crippen LogP contribution in [0, 0.1) is 0 Å². The molecule has 6 heteroatoms. The average Bonchev–Trinajstić information content (AvgIpc) is 3.00. The maximum atomic E-state index is 12.6. The molecule has 2 aromatic carbocycles. The molecule has 5 nitrogen and oxygen atoms in total. The lowest BCUT2D eigenvalue weighted by Crippen LogP contribution is -2.33. The van der Waals surface area contributed by atoms with Crippen LogP contribution in [0.25, 0.3) is 5.69 Å². The average molecular weight is 383 g/mol. The molecule has 4 rings (SSSR count). The van der Waals surface area contributed by atoms with Crippen LogP contribution in [0.15, 0.2) is 59.4 Å². The van der Waals surface area contributed by atoms with E-state index in [1.807, 2.05) is 48.5 Å². The third-order valence-corrected chi connectivity index (χ3v) is 5.64. The van der Waals surface area contributed by atoms with Gasteiger partial charge in [0.2, 0.25) is 0 Å². The first-order valence-electron chi connectivity index (χ1n) is 9.30. The molecule has 0 unspecified atom stereocenters. The number of nitrogens with zero attached hydrogens (tertiary/aromatic N) is 4. The number of likely N-dealkylation sites (tertiary alicyclic amines) is 1. The number of hydrogen-bond donors (Lipinski definition) is 0. The summed E-state index contributed by atoms with van der Waals surface area (Å²) in [6, 6.07) is 17.8. The Hall–Kier alpha value is -2.37. The molecular formula is C21H23ClN4O. The molecule has 1 aliphatic heterocycles. The van der Waals surface area contributed by atoms with Crippen molar-refractivity contribution in [1.29, 1.82) is 0 Å². The van der Waals surface area contributed by atoms with Crippen molar-refractivity contribution in [3.8, 4) is 5.69 Å². The SMILES string of the molecule is Cn1nc(C2CCN(Cc3ccccc3Cl)CC2)n(-c2ccccc2)c1=O. The molecule has 3 aromatic rings. The van der Waals surface area contributed by atoms with Crippen molar-refractivity contribution in [2.24, 2.45) is 7.05 Å². The van der Waals surface area contributed by atoms with Crippen molar-refractivity contribution in [2.45, 2.75) is 25.3 Å². The number of halogens is 1. The van der Waals surface area contributed by atoms with Gasteiger partial charge >= 0.3 is 5.69 Å². The summed E-state index contributed by atoms with van der Waals surface area (Å²) in [7, 11) is 1.72. The number of benzene rings is 2. The van der Waals surface area contributed by atoms with Crippen LogP contribution in [0.3, 0.4) is 0 Å². The first-order valence-corrected chi connectivity index (χ1v) is 9.68. The molecule has 0 radical (unpaired) electrons. The summed E-state index contributed by atoms with van der Waals surface area (Å²) in [5.74, 6) is 1.15. The molecule has 0 saturated carbocycles. The molecule has 0 spiro atoms. The van der Waals surface area contributed by atoms with Gasteiger partial charge in [-0.05, 0) is 49.7 Å². The number of aryl methyl sites for hydroxylation is 1. The second kappa shape index (κ2) is 7.71. The van der Waals surface area contributed by atoms with Crippen molar-refractivity contribution < 1.29 is 0 Å². The Morgan fingerprint density at radius 3 is 2.41 bits per heavy atom. The number of rotatable bonds is 4. The van der Waals surface area contributed by atoms with Crippen LogP contribution in [0.2, 0.25) is 5.02 Å². The molecule has 2 heterocycles. The van der Waals surface area contributed by atoms with Gasteiger partial charge in [0.25, 0.3) is 0 Å². The van der Waals surface area contributed by atoms with E-state index in [0.29, 0.717) is 0 Å². The van der Waals surface area contributed by atoms with E-state index in [1.165, 1.54) is 4.68 Å². The standard InChI is InChI=1S/C21H23ClN4O/c1-24-21(27)26(18-8-3-2-4-9-18)20(23-24)16-11-13-25(14-12-16)15-17-7-5-6-10-19(17)22/h2-10,16H,11-15H2,1H3. The second-order valence-corrected chi connectivity index (χ2v) is 7.48. The van der Waals surface area contributed by atoms with E-state index in [9.17, 15) is 4.79 Å². The predicted molar refractivity (Wildman–Crippen MR) is 108 cm³/mol. The summed E-state index contributed by atoms with van der Waals surface area (Å²) in [5.41, 5.74) is 1.95. The maximum absolute atomic E-state index is 12.6. The highest BCUT2D eigenvalue weighted by molar-refractivity contribution is 6.31. The summed E-state index contributed by atoms with van der Waals surface area (Å²) in [6.07, 6.45) is 1.96. The Bertz CT molecular complexity index is 971. The molecule has 1 fully saturated rings. The topological polar surface area (TPSA) is 43.1 Å². The van der Waals surface area contributed by atoms with E-state index < -0.39 is 0 Å². The van der Waals surface area contributed by atoms with Gasteiger partial charge in [0.15, 0.2) is 0 Å². The van der Waals surface area contributed by atoms with E-state index in [1.54, 1.807) is 11.6 Å². The largest absolute Gasteiger partial charge is 0.350 e. The molecule has 1 aliphatic rings. The molecule has 140 valence electrons. The van der Waals surface area contributed by atoms with E-state index in [4.69, 9.17) is 11.6 Å². The quantitative estimate of drug-likeness (QED) is 0.692. The van der Waals surface area contributed by atoms with Crippen molar-refractivity contribution in [2.75, 3.05) is 13.1 Å². The van der Waals surface area contributed by atoms with Gasteiger partial charge in [-0.1, -0.05) is 48.0 Å². The Morgan fingerprint density at radius 2 is 1.70 bits per heavy atom. The van der Waals surface area contributed by atoms with Gasteiger partial charge in [-0.25, -0.2) is 14.0 Å². The summed E-state index contributed by atoms with van der Waals surface area (Å²) < 4.78 is 3.20. The molecular weight excluding hydrogens is 360 g/mol. The minimum Gasteiger partial charge on any atom is -0.299 e. The zero-order valence-electron chi connectivity index (χ0n) is 15.4. The van der Waals surface area contributed by atoms with Crippen molar-refractivity contribution >= 4 is 11.6 Å². The number of hydrogen-bond acceptors (Lipinski definition) is 3. The molecule has 1 aromatic heterocycles. The highest BCUT2D eigenvalue weighted by Crippen LogP contribution is 2.29. The first kappa shape index (κ1) is 18.0. The lowest BCUT2D eigenvalue weighted by Gasteiger charge is -2.31. The number of para-hydroxylation sites is 1. The Morgan fingerprint density at radius 1 is 1.04 bits per heavy atom. The van der Waals surface area contributed by atoms with Crippen LogP contribution in [-0.2, 0) is 13.6 Å². The maximum Gasteiger partial charge on any atom is 0.350 e. The molecule has 0 bridgehead atoms. The fourth-order valence-corrected chi connectivity index (χ4v) is 3.98. The van der Waals surface area contributed by atoms with Crippen LogP contribution < -0.4 is 5.69 Å². The monoisotopic (exact) mass is 382 g/mol. The van der Waals surface area contributed by atoms with Crippen LogP contribution in [-0.4, -0.2) is 32.3 Å². The minimum atomic E-state index is -0.0882. The molecule has 0 amide bonds. The lowest BCUT2D eigenvalue weighted by atomic mass is 9.95. The van der Waals surface area contributed by atoms with E-state index >= 15 is 0 Å². The van der Waals surface area contributed by atoms with Gasteiger partial charge in [-0.2, -0.15) is 5.10 Å². The summed E-state index contributed by atoms with van der Waals surface area (Å²) in [5, 5.41) is 5.38. The third kappa shape index (κ3) is 3.70. The second-order valence-electron chi connectivity index (χ2n) is 7.08. The van der Waals surface area contributed by atoms with Gasteiger partial charge in [-0.3, -0.25) is 4.90 Å². The van der Waals surface area contributed by atoms with Crippen LogP contribution in [0.1, 0.15) is 30.1 Å². The molecule has 1 saturated heterocycles. The highest BCUT2D eigenvalue weighted by Gasteiger charge is 2.27. The van der Waals surface area contributed by atoms with Gasteiger partial charge in [0, 0.05) is 24.5 Å². The Kier molecular flexibility index (Phi) is 5.14. The van der Waals surface area contributed by atoms with Crippen LogP contribution >= 0.6 is 11.6 Å². The molecule has 0 aliphatic carbocycles.